The van der Waals surface area contributed by atoms with Crippen molar-refractivity contribution in [3.8, 4) is 11.5 Å². The van der Waals surface area contributed by atoms with Crippen molar-refractivity contribution in [3.05, 3.63) is 34.9 Å². The molecule has 0 saturated heterocycles. The van der Waals surface area contributed by atoms with E-state index in [1.54, 1.807) is 20.4 Å². The smallest absolute Gasteiger partial charge is 0.216 e. The third-order valence-electron chi connectivity index (χ3n) is 2.29. The van der Waals surface area contributed by atoms with Gasteiger partial charge in [0.15, 0.2) is 11.5 Å². The fourth-order valence-electron chi connectivity index (χ4n) is 1.46. The molecule has 0 fully saturated rings. The number of rotatable bonds is 4. The number of methoxy groups -OCH3 is 2. The van der Waals surface area contributed by atoms with E-state index in [0.717, 1.165) is 5.56 Å². The summed E-state index contributed by atoms with van der Waals surface area (Å²) < 4.78 is 12.4. The Balaban J connectivity index is 2.37. The lowest BCUT2D eigenvalue weighted by Crippen LogP contribution is -1.96. The normalized spacial score (nSPS) is 10.8. The standard InChI is InChI=1S/C11H12N4O2S/c1-16-9-5-3-4-8(10(9)17-2)6-13-15-7-12-14-11(15)18/h3-7H,1-2H3,(H,14,18)/b13-6-. The summed E-state index contributed by atoms with van der Waals surface area (Å²) >= 11 is 4.99. The van der Waals surface area contributed by atoms with Gasteiger partial charge >= 0.3 is 0 Å². The SMILES string of the molecule is COc1cccc(/C=N\n2cn[nH]c2=S)c1OC. The molecule has 1 N–H and O–H groups in total. The largest absolute Gasteiger partial charge is 0.493 e. The minimum absolute atomic E-state index is 0.424. The molecule has 2 aromatic rings. The van der Waals surface area contributed by atoms with Crippen LogP contribution in [0.2, 0.25) is 0 Å². The first-order chi connectivity index (χ1) is 8.76. The van der Waals surface area contributed by atoms with Gasteiger partial charge in [0.1, 0.15) is 6.33 Å². The van der Waals surface area contributed by atoms with Crippen molar-refractivity contribution in [1.29, 1.82) is 0 Å². The van der Waals surface area contributed by atoms with Gasteiger partial charge in [0.25, 0.3) is 0 Å². The molecule has 94 valence electrons. The first kappa shape index (κ1) is 12.3. The van der Waals surface area contributed by atoms with Crippen LogP contribution in [0.3, 0.4) is 0 Å². The molecular formula is C11H12N4O2S. The summed E-state index contributed by atoms with van der Waals surface area (Å²) in [6, 6.07) is 5.55. The van der Waals surface area contributed by atoms with E-state index in [2.05, 4.69) is 15.3 Å². The number of hydrogen-bond acceptors (Lipinski definition) is 5. The number of H-pyrrole nitrogens is 1. The minimum atomic E-state index is 0.424. The van der Waals surface area contributed by atoms with Crippen molar-refractivity contribution in [2.24, 2.45) is 5.10 Å². The maximum atomic E-state index is 5.29. The summed E-state index contributed by atoms with van der Waals surface area (Å²) in [7, 11) is 3.17. The van der Waals surface area contributed by atoms with E-state index in [9.17, 15) is 0 Å². The van der Waals surface area contributed by atoms with Crippen LogP contribution in [-0.4, -0.2) is 35.3 Å². The predicted molar refractivity (Wildman–Crippen MR) is 69.9 cm³/mol. The van der Waals surface area contributed by atoms with Crippen molar-refractivity contribution in [3.63, 3.8) is 0 Å². The molecule has 0 aliphatic carbocycles. The second-order valence-electron chi connectivity index (χ2n) is 3.33. The molecule has 7 heteroatoms. The summed E-state index contributed by atoms with van der Waals surface area (Å²) in [5.41, 5.74) is 0.792. The highest BCUT2D eigenvalue weighted by molar-refractivity contribution is 7.71. The van der Waals surface area contributed by atoms with Crippen molar-refractivity contribution in [2.75, 3.05) is 14.2 Å². The third-order valence-corrected chi connectivity index (χ3v) is 2.57. The van der Waals surface area contributed by atoms with Gasteiger partial charge in [-0.2, -0.15) is 14.9 Å². The maximum Gasteiger partial charge on any atom is 0.216 e. The second kappa shape index (κ2) is 5.46. The van der Waals surface area contributed by atoms with E-state index in [1.807, 2.05) is 18.2 Å². The van der Waals surface area contributed by atoms with Crippen molar-refractivity contribution >= 4 is 18.4 Å². The van der Waals surface area contributed by atoms with Crippen molar-refractivity contribution in [1.82, 2.24) is 14.9 Å². The van der Waals surface area contributed by atoms with E-state index >= 15 is 0 Å². The quantitative estimate of drug-likeness (QED) is 0.676. The molecule has 0 spiro atoms. The van der Waals surface area contributed by atoms with E-state index in [0.29, 0.717) is 16.3 Å². The Bertz CT molecular complexity index is 618. The summed E-state index contributed by atoms with van der Waals surface area (Å²) in [6.07, 6.45) is 3.12. The Kier molecular flexibility index (Phi) is 3.73. The molecule has 0 atom stereocenters. The van der Waals surface area contributed by atoms with Gasteiger partial charge in [-0.05, 0) is 24.4 Å². The Morgan fingerprint density at radius 3 is 2.83 bits per heavy atom. The van der Waals surface area contributed by atoms with Crippen LogP contribution in [0.4, 0.5) is 0 Å². The summed E-state index contributed by atoms with van der Waals surface area (Å²) in [5, 5.41) is 10.6. The van der Waals surface area contributed by atoms with Gasteiger partial charge < -0.3 is 9.47 Å². The molecule has 0 amide bonds. The van der Waals surface area contributed by atoms with Crippen molar-refractivity contribution < 1.29 is 9.47 Å². The highest BCUT2D eigenvalue weighted by atomic mass is 32.1. The monoisotopic (exact) mass is 264 g/mol. The van der Waals surface area contributed by atoms with Gasteiger partial charge in [-0.25, -0.2) is 0 Å². The molecule has 6 nitrogen and oxygen atoms in total. The lowest BCUT2D eigenvalue weighted by Gasteiger charge is -2.09. The fourth-order valence-corrected chi connectivity index (χ4v) is 1.61. The molecule has 0 unspecified atom stereocenters. The van der Waals surface area contributed by atoms with E-state index in [4.69, 9.17) is 21.7 Å². The summed E-state index contributed by atoms with van der Waals surface area (Å²) in [4.78, 5) is 0. The number of aromatic nitrogens is 3. The Labute approximate surface area is 109 Å². The molecule has 0 aliphatic heterocycles. The summed E-state index contributed by atoms with van der Waals surface area (Å²) in [5.74, 6) is 1.27. The highest BCUT2D eigenvalue weighted by Crippen LogP contribution is 2.29. The van der Waals surface area contributed by atoms with Crippen LogP contribution < -0.4 is 9.47 Å². The first-order valence-corrected chi connectivity index (χ1v) is 5.54. The van der Waals surface area contributed by atoms with E-state index in [1.165, 1.54) is 11.0 Å². The van der Waals surface area contributed by atoms with Crippen LogP contribution in [0, 0.1) is 4.77 Å². The van der Waals surface area contributed by atoms with Gasteiger partial charge in [-0.1, -0.05) is 6.07 Å². The zero-order chi connectivity index (χ0) is 13.0. The average Bonchev–Trinajstić information content (AvgIpc) is 2.81. The minimum Gasteiger partial charge on any atom is -0.493 e. The van der Waals surface area contributed by atoms with Crippen LogP contribution >= 0.6 is 12.2 Å². The molecule has 18 heavy (non-hydrogen) atoms. The molecule has 1 aromatic heterocycles. The third kappa shape index (κ3) is 2.40. The zero-order valence-electron chi connectivity index (χ0n) is 9.95. The number of aromatic amines is 1. The zero-order valence-corrected chi connectivity index (χ0v) is 10.8. The van der Waals surface area contributed by atoms with Crippen LogP contribution in [0.5, 0.6) is 11.5 Å². The average molecular weight is 264 g/mol. The van der Waals surface area contributed by atoms with Gasteiger partial charge in [0.2, 0.25) is 4.77 Å². The van der Waals surface area contributed by atoms with E-state index in [-0.39, 0.29) is 0 Å². The van der Waals surface area contributed by atoms with Crippen molar-refractivity contribution in [2.45, 2.75) is 0 Å². The highest BCUT2D eigenvalue weighted by Gasteiger charge is 2.07. The molecule has 0 radical (unpaired) electrons. The number of para-hydroxylation sites is 1. The van der Waals surface area contributed by atoms with Gasteiger partial charge in [0.05, 0.1) is 20.4 Å². The van der Waals surface area contributed by atoms with Gasteiger partial charge in [-0.15, -0.1) is 0 Å². The lowest BCUT2D eigenvalue weighted by atomic mass is 10.2. The molecule has 1 aromatic carbocycles. The molecular weight excluding hydrogens is 252 g/mol. The Hall–Kier alpha value is -2.15. The number of nitrogens with zero attached hydrogens (tertiary/aromatic N) is 3. The molecule has 0 aliphatic rings. The topological polar surface area (TPSA) is 64.4 Å². The van der Waals surface area contributed by atoms with Crippen LogP contribution in [-0.2, 0) is 0 Å². The predicted octanol–water partition coefficient (Wildman–Crippen LogP) is 1.84. The number of benzene rings is 1. The van der Waals surface area contributed by atoms with E-state index < -0.39 is 0 Å². The van der Waals surface area contributed by atoms with Crippen LogP contribution in [0.25, 0.3) is 0 Å². The Morgan fingerprint density at radius 2 is 2.22 bits per heavy atom. The Morgan fingerprint density at radius 1 is 1.39 bits per heavy atom. The van der Waals surface area contributed by atoms with Gasteiger partial charge in [0, 0.05) is 5.56 Å². The maximum absolute atomic E-state index is 5.29. The first-order valence-electron chi connectivity index (χ1n) is 5.13. The molecule has 0 bridgehead atoms. The van der Waals surface area contributed by atoms with Crippen LogP contribution in [0.1, 0.15) is 5.56 Å². The summed E-state index contributed by atoms with van der Waals surface area (Å²) in [6.45, 7) is 0. The second-order valence-corrected chi connectivity index (χ2v) is 3.72. The molecule has 1 heterocycles. The van der Waals surface area contributed by atoms with Gasteiger partial charge in [-0.3, -0.25) is 5.10 Å². The number of hydrogen-bond donors (Lipinski definition) is 1. The molecule has 0 saturated carbocycles. The molecule has 2 rings (SSSR count). The lowest BCUT2D eigenvalue weighted by molar-refractivity contribution is 0.354. The fraction of sp³-hybridized carbons (Fsp3) is 0.182. The number of ether oxygens (including phenoxy) is 2. The number of nitrogens with one attached hydrogen (secondary N) is 1. The van der Waals surface area contributed by atoms with Crippen LogP contribution in [0.15, 0.2) is 29.6 Å².